The van der Waals surface area contributed by atoms with Crippen molar-refractivity contribution in [1.82, 2.24) is 5.32 Å². The number of benzene rings is 2. The van der Waals surface area contributed by atoms with Gasteiger partial charge in [0, 0.05) is 29.2 Å². The Labute approximate surface area is 224 Å². The zero-order valence-electron chi connectivity index (χ0n) is 20.0. The molecule has 0 radical (unpaired) electrons. The fourth-order valence-corrected chi connectivity index (χ4v) is 3.52. The van der Waals surface area contributed by atoms with Crippen LogP contribution < -0.4 is 19.5 Å². The molecule has 0 bridgehead atoms. The van der Waals surface area contributed by atoms with E-state index in [1.165, 1.54) is 0 Å². The molecule has 0 unspecified atom stereocenters. The maximum absolute atomic E-state index is 12.9. The minimum absolute atomic E-state index is 0.182. The van der Waals surface area contributed by atoms with Crippen LogP contribution in [0.1, 0.15) is 48.5 Å². The van der Waals surface area contributed by atoms with Crippen molar-refractivity contribution in [2.45, 2.75) is 39.2 Å². The third-order valence-corrected chi connectivity index (χ3v) is 5.47. The lowest BCUT2D eigenvalue weighted by molar-refractivity contribution is -0.143. The summed E-state index contributed by atoms with van der Waals surface area (Å²) in [6.45, 7) is 3.85. The molecule has 0 saturated carbocycles. The standard InChI is InChI=1S/C26H33Br2NO6/c1-2-32-24(30)11-7-4-8-14-29-26(31)21-17-22(33-15-12-27)25(23(18-21)34-16-13-28)35-19-20-9-5-3-6-10-20/h3,5-6,9-10,17-18H,2,4,7-8,11-16,19H2,1H3,(H,29,31). The van der Waals surface area contributed by atoms with E-state index in [1.807, 2.05) is 30.3 Å². The molecule has 1 amide bonds. The molecule has 9 heteroatoms. The van der Waals surface area contributed by atoms with Crippen molar-refractivity contribution in [2.24, 2.45) is 0 Å². The molecule has 0 atom stereocenters. The highest BCUT2D eigenvalue weighted by atomic mass is 79.9. The predicted octanol–water partition coefficient (Wildman–Crippen LogP) is 5.67. The minimum Gasteiger partial charge on any atom is -0.489 e. The molecule has 2 aromatic carbocycles. The number of alkyl halides is 2. The number of carbonyl (C=O) groups is 2. The minimum atomic E-state index is -0.225. The lowest BCUT2D eigenvalue weighted by Crippen LogP contribution is -2.24. The zero-order chi connectivity index (χ0) is 25.3. The summed E-state index contributed by atoms with van der Waals surface area (Å²) in [5.41, 5.74) is 1.44. The molecule has 0 saturated heterocycles. The second kappa shape index (κ2) is 17.2. The molecule has 2 aromatic rings. The topological polar surface area (TPSA) is 83.1 Å². The van der Waals surface area contributed by atoms with Gasteiger partial charge in [-0.1, -0.05) is 68.6 Å². The summed E-state index contributed by atoms with van der Waals surface area (Å²) >= 11 is 6.75. The molecule has 0 aliphatic carbocycles. The molecule has 7 nitrogen and oxygen atoms in total. The molecule has 2 rings (SSSR count). The van der Waals surface area contributed by atoms with Crippen LogP contribution in [0.3, 0.4) is 0 Å². The van der Waals surface area contributed by atoms with Gasteiger partial charge in [0.25, 0.3) is 5.91 Å². The van der Waals surface area contributed by atoms with E-state index in [0.717, 1.165) is 24.8 Å². The lowest BCUT2D eigenvalue weighted by atomic mass is 10.1. The molecule has 1 N–H and O–H groups in total. The number of ether oxygens (including phenoxy) is 4. The van der Waals surface area contributed by atoms with E-state index in [0.29, 0.717) is 72.9 Å². The Kier molecular flexibility index (Phi) is 14.3. The van der Waals surface area contributed by atoms with Crippen molar-refractivity contribution in [3.8, 4) is 17.2 Å². The summed E-state index contributed by atoms with van der Waals surface area (Å²) in [5.74, 6) is 0.959. The van der Waals surface area contributed by atoms with Gasteiger partial charge in [0.2, 0.25) is 5.75 Å². The summed E-state index contributed by atoms with van der Waals surface area (Å²) in [4.78, 5) is 24.3. The summed E-state index contributed by atoms with van der Waals surface area (Å²) in [5, 5.41) is 4.19. The maximum Gasteiger partial charge on any atom is 0.305 e. The van der Waals surface area contributed by atoms with E-state index in [1.54, 1.807) is 19.1 Å². The van der Waals surface area contributed by atoms with Crippen LogP contribution in [0.4, 0.5) is 0 Å². The Bertz CT molecular complexity index is 881. The zero-order valence-corrected chi connectivity index (χ0v) is 23.2. The van der Waals surface area contributed by atoms with Crippen LogP contribution in [0.15, 0.2) is 42.5 Å². The molecule has 0 heterocycles. The van der Waals surface area contributed by atoms with Crippen LogP contribution in [0.2, 0.25) is 0 Å². The molecule has 0 spiro atoms. The van der Waals surface area contributed by atoms with Gasteiger partial charge in [-0.25, -0.2) is 0 Å². The Morgan fingerprint density at radius 3 is 2.14 bits per heavy atom. The maximum atomic E-state index is 12.9. The molecule has 192 valence electrons. The number of rotatable bonds is 17. The van der Waals surface area contributed by atoms with Gasteiger partial charge in [-0.2, -0.15) is 0 Å². The van der Waals surface area contributed by atoms with Gasteiger partial charge in [-0.05, 0) is 37.5 Å². The Morgan fingerprint density at radius 1 is 0.886 bits per heavy atom. The number of unbranched alkanes of at least 4 members (excludes halogenated alkanes) is 2. The number of hydrogen-bond acceptors (Lipinski definition) is 6. The van der Waals surface area contributed by atoms with Gasteiger partial charge >= 0.3 is 5.97 Å². The summed E-state index contributed by atoms with van der Waals surface area (Å²) in [6.07, 6.45) is 2.72. The van der Waals surface area contributed by atoms with Gasteiger partial charge in [-0.3, -0.25) is 9.59 Å². The first kappa shape index (κ1) is 29.0. The van der Waals surface area contributed by atoms with Crippen LogP contribution in [-0.2, 0) is 16.1 Å². The summed E-state index contributed by atoms with van der Waals surface area (Å²) in [7, 11) is 0. The van der Waals surface area contributed by atoms with Crippen molar-refractivity contribution in [3.05, 3.63) is 53.6 Å². The van der Waals surface area contributed by atoms with Crippen molar-refractivity contribution in [1.29, 1.82) is 0 Å². The Hall–Kier alpha value is -2.26. The second-order valence-corrected chi connectivity index (χ2v) is 9.11. The SMILES string of the molecule is CCOC(=O)CCCCCNC(=O)c1cc(OCCBr)c(OCc2ccccc2)c(OCCBr)c1. The van der Waals surface area contributed by atoms with Crippen molar-refractivity contribution in [2.75, 3.05) is 37.0 Å². The number of nitrogens with one attached hydrogen (secondary N) is 1. The van der Waals surface area contributed by atoms with Gasteiger partial charge in [0.15, 0.2) is 11.5 Å². The Morgan fingerprint density at radius 2 is 1.54 bits per heavy atom. The van der Waals surface area contributed by atoms with Gasteiger partial charge < -0.3 is 24.3 Å². The smallest absolute Gasteiger partial charge is 0.305 e. The summed E-state index contributed by atoms with van der Waals surface area (Å²) in [6, 6.07) is 13.2. The van der Waals surface area contributed by atoms with E-state index >= 15 is 0 Å². The van der Waals surface area contributed by atoms with Crippen LogP contribution in [0.25, 0.3) is 0 Å². The quantitative estimate of drug-likeness (QED) is 0.141. The van der Waals surface area contributed by atoms with E-state index in [-0.39, 0.29) is 11.9 Å². The van der Waals surface area contributed by atoms with Gasteiger partial charge in [0.1, 0.15) is 6.61 Å². The van der Waals surface area contributed by atoms with E-state index in [9.17, 15) is 9.59 Å². The molecule has 0 aliphatic rings. The first-order chi connectivity index (χ1) is 17.1. The van der Waals surface area contributed by atoms with E-state index in [4.69, 9.17) is 18.9 Å². The molecule has 0 aromatic heterocycles. The van der Waals surface area contributed by atoms with Crippen LogP contribution in [0.5, 0.6) is 17.2 Å². The normalized spacial score (nSPS) is 10.5. The predicted molar refractivity (Wildman–Crippen MR) is 143 cm³/mol. The molecular formula is C26H33Br2NO6. The number of esters is 1. The van der Waals surface area contributed by atoms with Crippen molar-refractivity contribution < 1.29 is 28.5 Å². The Balaban J connectivity index is 2.07. The van der Waals surface area contributed by atoms with E-state index in [2.05, 4.69) is 37.2 Å². The first-order valence-corrected chi connectivity index (χ1v) is 14.0. The first-order valence-electron chi connectivity index (χ1n) is 11.7. The lowest BCUT2D eigenvalue weighted by Gasteiger charge is -2.18. The second-order valence-electron chi connectivity index (χ2n) is 7.52. The molecule has 0 aliphatic heterocycles. The number of halogens is 2. The molecular weight excluding hydrogens is 582 g/mol. The van der Waals surface area contributed by atoms with Gasteiger partial charge in [0.05, 0.1) is 19.8 Å². The fourth-order valence-electron chi connectivity index (χ4n) is 3.20. The van der Waals surface area contributed by atoms with Crippen molar-refractivity contribution in [3.63, 3.8) is 0 Å². The van der Waals surface area contributed by atoms with Crippen molar-refractivity contribution >= 4 is 43.7 Å². The van der Waals surface area contributed by atoms with Crippen LogP contribution in [-0.4, -0.2) is 48.9 Å². The fraction of sp³-hybridized carbons (Fsp3) is 0.462. The highest BCUT2D eigenvalue weighted by Crippen LogP contribution is 2.39. The molecule has 0 fully saturated rings. The molecule has 35 heavy (non-hydrogen) atoms. The average Bonchev–Trinajstić information content (AvgIpc) is 2.87. The van der Waals surface area contributed by atoms with Gasteiger partial charge in [-0.15, -0.1) is 0 Å². The average molecular weight is 615 g/mol. The monoisotopic (exact) mass is 613 g/mol. The van der Waals surface area contributed by atoms with Crippen LogP contribution >= 0.6 is 31.9 Å². The number of carbonyl (C=O) groups excluding carboxylic acids is 2. The largest absolute Gasteiger partial charge is 0.489 e. The third-order valence-electron chi connectivity index (χ3n) is 4.83. The van der Waals surface area contributed by atoms with Crippen LogP contribution in [0, 0.1) is 0 Å². The third kappa shape index (κ3) is 10.9. The van der Waals surface area contributed by atoms with E-state index < -0.39 is 0 Å². The summed E-state index contributed by atoms with van der Waals surface area (Å²) < 4.78 is 22.8. The number of amides is 1. The highest BCUT2D eigenvalue weighted by molar-refractivity contribution is 9.09. The number of hydrogen-bond donors (Lipinski definition) is 1. The highest BCUT2D eigenvalue weighted by Gasteiger charge is 2.19.